The van der Waals surface area contributed by atoms with Gasteiger partial charge in [0.05, 0.1) is 19.6 Å². The Morgan fingerprint density at radius 1 is 1.12 bits per heavy atom. The van der Waals surface area contributed by atoms with Gasteiger partial charge in [-0.25, -0.2) is 25.3 Å². The van der Waals surface area contributed by atoms with Crippen LogP contribution >= 0.6 is 0 Å². The Balaban J connectivity index is 1.83. The van der Waals surface area contributed by atoms with Crippen molar-refractivity contribution >= 4 is 18.0 Å². The fourth-order valence-electron chi connectivity index (χ4n) is 3.52. The van der Waals surface area contributed by atoms with Crippen LogP contribution < -0.4 is 11.2 Å². The van der Waals surface area contributed by atoms with Gasteiger partial charge >= 0.3 is 18.0 Å². The summed E-state index contributed by atoms with van der Waals surface area (Å²) in [6, 6.07) is 10.3. The molecule has 1 atom stereocenters. The van der Waals surface area contributed by atoms with Crippen LogP contribution in [0.25, 0.3) is 0 Å². The first-order chi connectivity index (χ1) is 16.2. The van der Waals surface area contributed by atoms with E-state index >= 15 is 0 Å². The fourth-order valence-corrected chi connectivity index (χ4v) is 3.52. The van der Waals surface area contributed by atoms with Crippen LogP contribution in [-0.2, 0) is 22.6 Å². The second kappa shape index (κ2) is 10.9. The number of phenolic OH excluding ortho intramolecular Hbond substituents is 2. The number of hydrazine groups is 1. The van der Waals surface area contributed by atoms with Crippen LogP contribution in [0.15, 0.2) is 42.5 Å². The number of hydrogen-bond acceptors (Lipinski definition) is 8. The lowest BCUT2D eigenvalue weighted by atomic mass is 10.1. The van der Waals surface area contributed by atoms with Crippen LogP contribution in [0.2, 0.25) is 0 Å². The molecule has 11 heteroatoms. The maximum absolute atomic E-state index is 13.3. The Hall–Kier alpha value is -3.83. The number of phenols is 2. The first kappa shape index (κ1) is 24.8. The number of nitrogens with zero attached hydrogens (tertiary/aromatic N) is 3. The molecule has 0 spiro atoms. The number of aryl methyl sites for hydroxylation is 1. The first-order valence-electron chi connectivity index (χ1n) is 10.8. The number of amides is 4. The molecule has 2 aromatic rings. The van der Waals surface area contributed by atoms with E-state index in [1.165, 1.54) is 23.1 Å². The van der Waals surface area contributed by atoms with Gasteiger partial charge in [0, 0.05) is 24.7 Å². The largest absolute Gasteiger partial charge is 0.508 e. The van der Waals surface area contributed by atoms with Crippen molar-refractivity contribution in [2.24, 2.45) is 5.84 Å². The number of nitrogens with two attached hydrogens (primary N) is 1. The third-order valence-electron chi connectivity index (χ3n) is 5.35. The number of imide groups is 1. The van der Waals surface area contributed by atoms with Gasteiger partial charge in [-0.15, -0.1) is 0 Å². The molecule has 0 bridgehead atoms. The van der Waals surface area contributed by atoms with E-state index in [1.54, 1.807) is 6.92 Å². The molecule has 1 aliphatic rings. The predicted molar refractivity (Wildman–Crippen MR) is 122 cm³/mol. The van der Waals surface area contributed by atoms with E-state index in [2.05, 4.69) is 5.32 Å². The van der Waals surface area contributed by atoms with Gasteiger partial charge < -0.3 is 14.9 Å². The van der Waals surface area contributed by atoms with Gasteiger partial charge in [-0.1, -0.05) is 35.9 Å². The zero-order valence-corrected chi connectivity index (χ0v) is 19.1. The molecule has 2 aromatic carbocycles. The van der Waals surface area contributed by atoms with Crippen LogP contribution in [0.4, 0.5) is 9.59 Å². The highest BCUT2D eigenvalue weighted by Crippen LogP contribution is 2.24. The second-order valence-corrected chi connectivity index (χ2v) is 7.86. The Labute approximate surface area is 197 Å². The molecule has 34 heavy (non-hydrogen) atoms. The molecule has 182 valence electrons. The molecule has 1 fully saturated rings. The molecule has 1 aliphatic heterocycles. The van der Waals surface area contributed by atoms with Gasteiger partial charge in [0.15, 0.2) is 6.29 Å². The molecule has 4 amide bonds. The molecule has 0 aromatic heterocycles. The van der Waals surface area contributed by atoms with E-state index in [9.17, 15) is 24.6 Å². The van der Waals surface area contributed by atoms with Crippen molar-refractivity contribution in [3.8, 4) is 11.5 Å². The first-order valence-corrected chi connectivity index (χ1v) is 10.8. The van der Waals surface area contributed by atoms with Crippen LogP contribution in [0.1, 0.15) is 30.0 Å². The van der Waals surface area contributed by atoms with Crippen molar-refractivity contribution in [1.82, 2.24) is 20.1 Å². The van der Waals surface area contributed by atoms with Crippen molar-refractivity contribution in [2.45, 2.75) is 39.6 Å². The van der Waals surface area contributed by atoms with Gasteiger partial charge in [-0.2, -0.15) is 0 Å². The van der Waals surface area contributed by atoms with E-state index in [4.69, 9.17) is 10.6 Å². The third kappa shape index (κ3) is 5.74. The lowest BCUT2D eigenvalue weighted by molar-refractivity contribution is -0.143. The quantitative estimate of drug-likeness (QED) is 0.246. The van der Waals surface area contributed by atoms with E-state index < -0.39 is 24.3 Å². The van der Waals surface area contributed by atoms with Crippen molar-refractivity contribution in [3.05, 3.63) is 59.2 Å². The molecule has 1 heterocycles. The Morgan fingerprint density at radius 2 is 1.82 bits per heavy atom. The number of carbonyl (C=O) groups excluding carboxylic acids is 3. The van der Waals surface area contributed by atoms with Crippen molar-refractivity contribution in [2.75, 3.05) is 13.2 Å². The van der Waals surface area contributed by atoms with Crippen LogP contribution in [0, 0.1) is 6.92 Å². The van der Waals surface area contributed by atoms with Gasteiger partial charge in [-0.3, -0.25) is 15.0 Å². The lowest BCUT2D eigenvalue weighted by Gasteiger charge is -2.45. The number of ether oxygens (including phenoxy) is 1. The summed E-state index contributed by atoms with van der Waals surface area (Å²) in [5.41, 5.74) is 2.30. The smallest absolute Gasteiger partial charge is 0.345 e. The van der Waals surface area contributed by atoms with Gasteiger partial charge in [0.2, 0.25) is 0 Å². The highest BCUT2D eigenvalue weighted by molar-refractivity contribution is 5.96. The number of carbonyl (C=O) groups is 3. The highest BCUT2D eigenvalue weighted by Gasteiger charge is 2.43. The zero-order chi connectivity index (χ0) is 24.8. The maximum Gasteiger partial charge on any atom is 0.345 e. The standard InChI is InChI=1S/C23H29N5O6/c1-3-34-20(31)10-11-26-22(32)27(14-16-6-4-15(2)5-7-16)21(28(24)23(26)33)25-13-17-8-9-18(29)12-19(17)30/h4-9,12,21,25,29-30H,3,10-11,13-14,24H2,1-2H3. The summed E-state index contributed by atoms with van der Waals surface area (Å²) in [6.45, 7) is 3.82. The normalized spacial score (nSPS) is 16.2. The van der Waals surface area contributed by atoms with E-state index in [1.807, 2.05) is 31.2 Å². The minimum absolute atomic E-state index is 0.0538. The van der Waals surface area contributed by atoms with Gasteiger partial charge in [-0.05, 0) is 25.5 Å². The summed E-state index contributed by atoms with van der Waals surface area (Å²) in [5, 5.41) is 23.5. The molecule has 1 unspecified atom stereocenters. The SMILES string of the molecule is CCOC(=O)CCN1C(=O)N(N)C(NCc2ccc(O)cc2O)N(Cc2ccc(C)cc2)C1=O. The Kier molecular flexibility index (Phi) is 7.92. The molecule has 0 radical (unpaired) electrons. The number of rotatable bonds is 9. The maximum atomic E-state index is 13.3. The number of benzene rings is 2. The van der Waals surface area contributed by atoms with E-state index in [-0.39, 0.29) is 44.2 Å². The molecular formula is C23H29N5O6. The van der Waals surface area contributed by atoms with E-state index in [0.29, 0.717) is 5.56 Å². The number of aromatic hydroxyl groups is 2. The van der Waals surface area contributed by atoms with Gasteiger partial charge in [0.25, 0.3) is 0 Å². The summed E-state index contributed by atoms with van der Waals surface area (Å²) < 4.78 is 4.89. The fraction of sp³-hybridized carbons (Fsp3) is 0.348. The number of hydrogen-bond donors (Lipinski definition) is 4. The summed E-state index contributed by atoms with van der Waals surface area (Å²) in [4.78, 5) is 40.3. The molecule has 11 nitrogen and oxygen atoms in total. The number of nitrogens with one attached hydrogen (secondary N) is 1. The summed E-state index contributed by atoms with van der Waals surface area (Å²) in [6.07, 6.45) is -1.19. The predicted octanol–water partition coefficient (Wildman–Crippen LogP) is 1.97. The Bertz CT molecular complexity index is 1040. The monoisotopic (exact) mass is 471 g/mol. The number of esters is 1. The van der Waals surface area contributed by atoms with Crippen molar-refractivity contribution < 1.29 is 29.3 Å². The molecule has 0 aliphatic carbocycles. The minimum atomic E-state index is -1.03. The molecule has 0 saturated carbocycles. The molecule has 1 saturated heterocycles. The van der Waals surface area contributed by atoms with Crippen LogP contribution in [0.5, 0.6) is 11.5 Å². The summed E-state index contributed by atoms with van der Waals surface area (Å²) in [7, 11) is 0. The summed E-state index contributed by atoms with van der Waals surface area (Å²) >= 11 is 0. The van der Waals surface area contributed by atoms with E-state index in [0.717, 1.165) is 21.0 Å². The molecule has 5 N–H and O–H groups in total. The topological polar surface area (TPSA) is 149 Å². The molecule has 3 rings (SSSR count). The summed E-state index contributed by atoms with van der Waals surface area (Å²) in [5.74, 6) is 5.33. The zero-order valence-electron chi connectivity index (χ0n) is 19.1. The van der Waals surface area contributed by atoms with Crippen molar-refractivity contribution in [1.29, 1.82) is 0 Å². The Morgan fingerprint density at radius 3 is 2.47 bits per heavy atom. The minimum Gasteiger partial charge on any atom is -0.508 e. The average molecular weight is 472 g/mol. The van der Waals surface area contributed by atoms with Crippen LogP contribution in [-0.4, -0.2) is 62.5 Å². The van der Waals surface area contributed by atoms with Crippen LogP contribution in [0.3, 0.4) is 0 Å². The second-order valence-electron chi connectivity index (χ2n) is 7.86. The van der Waals surface area contributed by atoms with Crippen molar-refractivity contribution in [3.63, 3.8) is 0 Å². The molecular weight excluding hydrogens is 442 g/mol. The number of urea groups is 2. The average Bonchev–Trinajstić information content (AvgIpc) is 2.79. The lowest BCUT2D eigenvalue weighted by Crippen LogP contribution is -2.72. The third-order valence-corrected chi connectivity index (χ3v) is 5.35. The van der Waals surface area contributed by atoms with Gasteiger partial charge in [0.1, 0.15) is 11.5 Å². The highest BCUT2D eigenvalue weighted by atomic mass is 16.5.